The highest BCUT2D eigenvalue weighted by molar-refractivity contribution is 6.00. The standard InChI is InChI=1S/C12H16N2O/c13-10-5-3-4-9(8-10)12(15)11-6-1-2-7-14-11/h3-5,8,11,14H,1-2,6-7,13H2. The van der Waals surface area contributed by atoms with Crippen LogP contribution in [0.25, 0.3) is 0 Å². The zero-order valence-electron chi connectivity index (χ0n) is 8.70. The summed E-state index contributed by atoms with van der Waals surface area (Å²) in [7, 11) is 0. The molecule has 0 saturated carbocycles. The first kappa shape index (κ1) is 10.2. The van der Waals surface area contributed by atoms with Crippen molar-refractivity contribution in [3.63, 3.8) is 0 Å². The number of piperidine rings is 1. The Morgan fingerprint density at radius 2 is 2.27 bits per heavy atom. The van der Waals surface area contributed by atoms with Gasteiger partial charge in [-0.3, -0.25) is 4.79 Å². The van der Waals surface area contributed by atoms with Gasteiger partial charge in [0.05, 0.1) is 6.04 Å². The number of Topliss-reactive ketones (excluding diaryl/α,β-unsaturated/α-hetero) is 1. The van der Waals surface area contributed by atoms with Crippen molar-refractivity contribution in [2.24, 2.45) is 0 Å². The molecule has 1 unspecified atom stereocenters. The van der Waals surface area contributed by atoms with Gasteiger partial charge in [0, 0.05) is 11.3 Å². The number of carbonyl (C=O) groups is 1. The maximum absolute atomic E-state index is 12.0. The summed E-state index contributed by atoms with van der Waals surface area (Å²) in [5.74, 6) is 0.169. The van der Waals surface area contributed by atoms with Crippen LogP contribution in [0, 0.1) is 0 Å². The van der Waals surface area contributed by atoms with Gasteiger partial charge in [-0.15, -0.1) is 0 Å². The van der Waals surface area contributed by atoms with Crippen LogP contribution in [0.5, 0.6) is 0 Å². The van der Waals surface area contributed by atoms with E-state index in [0.717, 1.165) is 24.9 Å². The van der Waals surface area contributed by atoms with Crippen LogP contribution < -0.4 is 11.1 Å². The summed E-state index contributed by atoms with van der Waals surface area (Å²) in [4.78, 5) is 12.0. The van der Waals surface area contributed by atoms with Crippen LogP contribution in [-0.2, 0) is 0 Å². The number of benzene rings is 1. The molecule has 3 N–H and O–H groups in total. The summed E-state index contributed by atoms with van der Waals surface area (Å²) in [5.41, 5.74) is 7.02. The molecule has 1 aliphatic heterocycles. The summed E-state index contributed by atoms with van der Waals surface area (Å²) < 4.78 is 0. The zero-order valence-corrected chi connectivity index (χ0v) is 8.70. The van der Waals surface area contributed by atoms with Crippen molar-refractivity contribution < 1.29 is 4.79 Å². The lowest BCUT2D eigenvalue weighted by molar-refractivity contribution is 0.0927. The van der Waals surface area contributed by atoms with E-state index in [1.54, 1.807) is 12.1 Å². The van der Waals surface area contributed by atoms with Crippen LogP contribution in [-0.4, -0.2) is 18.4 Å². The van der Waals surface area contributed by atoms with E-state index in [4.69, 9.17) is 5.73 Å². The number of nitrogens with two attached hydrogens (primary N) is 1. The lowest BCUT2D eigenvalue weighted by Gasteiger charge is -2.22. The lowest BCUT2D eigenvalue weighted by atomic mass is 9.96. The van der Waals surface area contributed by atoms with Crippen molar-refractivity contribution in [1.29, 1.82) is 0 Å². The van der Waals surface area contributed by atoms with Gasteiger partial charge in [-0.1, -0.05) is 18.6 Å². The Morgan fingerprint density at radius 3 is 2.93 bits per heavy atom. The van der Waals surface area contributed by atoms with Crippen LogP contribution in [0.1, 0.15) is 29.6 Å². The Labute approximate surface area is 89.7 Å². The number of nitrogens with one attached hydrogen (secondary N) is 1. The number of hydrogen-bond donors (Lipinski definition) is 2. The number of nitrogen functional groups attached to an aromatic ring is 1. The van der Waals surface area contributed by atoms with Crippen LogP contribution in [0.4, 0.5) is 5.69 Å². The van der Waals surface area contributed by atoms with Gasteiger partial charge >= 0.3 is 0 Å². The number of hydrogen-bond acceptors (Lipinski definition) is 3. The maximum Gasteiger partial charge on any atom is 0.179 e. The molecule has 0 aromatic heterocycles. The number of anilines is 1. The van der Waals surface area contributed by atoms with Crippen LogP contribution >= 0.6 is 0 Å². The van der Waals surface area contributed by atoms with Crippen molar-refractivity contribution in [1.82, 2.24) is 5.32 Å². The first-order chi connectivity index (χ1) is 7.27. The van der Waals surface area contributed by atoms with Crippen molar-refractivity contribution in [2.45, 2.75) is 25.3 Å². The Kier molecular flexibility index (Phi) is 3.02. The molecule has 1 aromatic carbocycles. The molecule has 2 rings (SSSR count). The third-order valence-electron chi connectivity index (χ3n) is 2.80. The van der Waals surface area contributed by atoms with Crippen molar-refractivity contribution in [3.05, 3.63) is 29.8 Å². The molecule has 1 fully saturated rings. The van der Waals surface area contributed by atoms with Gasteiger partial charge in [-0.25, -0.2) is 0 Å². The second kappa shape index (κ2) is 4.45. The van der Waals surface area contributed by atoms with Gasteiger partial charge in [-0.2, -0.15) is 0 Å². The third kappa shape index (κ3) is 2.36. The predicted molar refractivity (Wildman–Crippen MR) is 60.8 cm³/mol. The van der Waals surface area contributed by atoms with Gasteiger partial charge in [0.15, 0.2) is 5.78 Å². The average molecular weight is 204 g/mol. The fourth-order valence-electron chi connectivity index (χ4n) is 1.97. The quantitative estimate of drug-likeness (QED) is 0.568. The fourth-order valence-corrected chi connectivity index (χ4v) is 1.97. The van der Waals surface area contributed by atoms with E-state index in [-0.39, 0.29) is 11.8 Å². The van der Waals surface area contributed by atoms with Crippen molar-refractivity contribution >= 4 is 11.5 Å². The smallest absolute Gasteiger partial charge is 0.179 e. The minimum Gasteiger partial charge on any atom is -0.399 e. The average Bonchev–Trinajstić information content (AvgIpc) is 2.29. The summed E-state index contributed by atoms with van der Waals surface area (Å²) in [6, 6.07) is 7.19. The molecule has 1 aliphatic rings. The number of carbonyl (C=O) groups excluding carboxylic acids is 1. The molecule has 0 spiro atoms. The second-order valence-electron chi connectivity index (χ2n) is 3.99. The normalized spacial score (nSPS) is 21.2. The Bertz CT molecular complexity index is 356. The van der Waals surface area contributed by atoms with E-state index < -0.39 is 0 Å². The van der Waals surface area contributed by atoms with E-state index in [1.807, 2.05) is 12.1 Å². The van der Waals surface area contributed by atoms with Crippen molar-refractivity contribution in [3.8, 4) is 0 Å². The molecule has 3 heteroatoms. The first-order valence-electron chi connectivity index (χ1n) is 5.40. The topological polar surface area (TPSA) is 55.1 Å². The van der Waals surface area contributed by atoms with E-state index >= 15 is 0 Å². The molecule has 1 atom stereocenters. The highest BCUT2D eigenvalue weighted by atomic mass is 16.1. The minimum atomic E-state index is -0.0134. The number of rotatable bonds is 2. The van der Waals surface area contributed by atoms with Gasteiger partial charge in [0.25, 0.3) is 0 Å². The van der Waals surface area contributed by atoms with Crippen molar-refractivity contribution in [2.75, 3.05) is 12.3 Å². The first-order valence-corrected chi connectivity index (χ1v) is 5.40. The molecule has 15 heavy (non-hydrogen) atoms. The Morgan fingerprint density at radius 1 is 1.40 bits per heavy atom. The van der Waals surface area contributed by atoms with E-state index in [2.05, 4.69) is 5.32 Å². The van der Waals surface area contributed by atoms with Crippen LogP contribution in [0.3, 0.4) is 0 Å². The molecule has 3 nitrogen and oxygen atoms in total. The summed E-state index contributed by atoms with van der Waals surface area (Å²) in [6.45, 7) is 0.943. The van der Waals surface area contributed by atoms with E-state index in [9.17, 15) is 4.79 Å². The molecule has 0 radical (unpaired) electrons. The van der Waals surface area contributed by atoms with E-state index in [1.165, 1.54) is 6.42 Å². The molecule has 0 amide bonds. The Balaban J connectivity index is 2.12. The second-order valence-corrected chi connectivity index (χ2v) is 3.99. The monoisotopic (exact) mass is 204 g/mol. The Hall–Kier alpha value is -1.35. The lowest BCUT2D eigenvalue weighted by Crippen LogP contribution is -2.40. The third-order valence-corrected chi connectivity index (χ3v) is 2.80. The van der Waals surface area contributed by atoms with Crippen LogP contribution in [0.2, 0.25) is 0 Å². The molecule has 1 aromatic rings. The SMILES string of the molecule is Nc1cccc(C(=O)C2CCCCN2)c1. The molecule has 80 valence electrons. The molecular weight excluding hydrogens is 188 g/mol. The molecule has 1 heterocycles. The largest absolute Gasteiger partial charge is 0.399 e. The zero-order chi connectivity index (χ0) is 10.7. The van der Waals surface area contributed by atoms with Gasteiger partial charge in [0.1, 0.15) is 0 Å². The van der Waals surface area contributed by atoms with E-state index in [0.29, 0.717) is 5.69 Å². The van der Waals surface area contributed by atoms with Crippen LogP contribution in [0.15, 0.2) is 24.3 Å². The highest BCUT2D eigenvalue weighted by Crippen LogP contribution is 2.14. The minimum absolute atomic E-state index is 0.0134. The number of ketones is 1. The molecule has 1 saturated heterocycles. The predicted octanol–water partition coefficient (Wildman–Crippen LogP) is 1.59. The molecule has 0 aliphatic carbocycles. The van der Waals surface area contributed by atoms with Gasteiger partial charge in [-0.05, 0) is 31.5 Å². The highest BCUT2D eigenvalue weighted by Gasteiger charge is 2.21. The van der Waals surface area contributed by atoms with Gasteiger partial charge < -0.3 is 11.1 Å². The summed E-state index contributed by atoms with van der Waals surface area (Å²) in [6.07, 6.45) is 3.24. The fraction of sp³-hybridized carbons (Fsp3) is 0.417. The maximum atomic E-state index is 12.0. The summed E-state index contributed by atoms with van der Waals surface area (Å²) in [5, 5.41) is 3.25. The molecule has 0 bridgehead atoms. The summed E-state index contributed by atoms with van der Waals surface area (Å²) >= 11 is 0. The molecular formula is C12H16N2O. The van der Waals surface area contributed by atoms with Gasteiger partial charge in [0.2, 0.25) is 0 Å².